The van der Waals surface area contributed by atoms with Gasteiger partial charge in [0.15, 0.2) is 0 Å². The molecule has 0 spiro atoms. The Morgan fingerprint density at radius 3 is 2.79 bits per heavy atom. The monoisotopic (exact) mass is 324 g/mol. The average molecular weight is 324 g/mol. The lowest BCUT2D eigenvalue weighted by atomic mass is 9.87. The van der Waals surface area contributed by atoms with E-state index in [9.17, 15) is 4.79 Å². The topological polar surface area (TPSA) is 51.2 Å². The van der Waals surface area contributed by atoms with Crippen LogP contribution in [0.1, 0.15) is 44.2 Å². The molecule has 4 nitrogen and oxygen atoms in total. The second kappa shape index (κ2) is 8.48. The standard InChI is InChI=1S/C20H24N2O2/c23-20(13-16-7-2-1-3-8-16)22-17-10-6-11-19(14-17)24-15-18-9-4-5-12-21-18/h4-6,9-12,14,16H,1-3,7-8,13,15H2,(H,22,23). The van der Waals surface area contributed by atoms with Crippen molar-refractivity contribution < 1.29 is 9.53 Å². The molecule has 3 rings (SSSR count). The fraction of sp³-hybridized carbons (Fsp3) is 0.400. The second-order valence-electron chi connectivity index (χ2n) is 6.39. The number of rotatable bonds is 6. The Morgan fingerprint density at radius 1 is 1.12 bits per heavy atom. The third kappa shape index (κ3) is 5.08. The molecule has 4 heteroatoms. The molecule has 0 saturated heterocycles. The van der Waals surface area contributed by atoms with Crippen LogP contribution in [0.25, 0.3) is 0 Å². The van der Waals surface area contributed by atoms with Crippen LogP contribution in [0.3, 0.4) is 0 Å². The van der Waals surface area contributed by atoms with Gasteiger partial charge < -0.3 is 10.1 Å². The smallest absolute Gasteiger partial charge is 0.224 e. The van der Waals surface area contributed by atoms with Crippen LogP contribution in [-0.4, -0.2) is 10.9 Å². The van der Waals surface area contributed by atoms with Crippen LogP contribution in [0.15, 0.2) is 48.7 Å². The summed E-state index contributed by atoms with van der Waals surface area (Å²) in [5.74, 6) is 1.38. The highest BCUT2D eigenvalue weighted by Gasteiger charge is 2.17. The van der Waals surface area contributed by atoms with E-state index in [1.54, 1.807) is 6.20 Å². The van der Waals surface area contributed by atoms with Gasteiger partial charge in [-0.15, -0.1) is 0 Å². The van der Waals surface area contributed by atoms with Crippen molar-refractivity contribution in [3.8, 4) is 5.75 Å². The van der Waals surface area contributed by atoms with E-state index in [4.69, 9.17) is 4.74 Å². The van der Waals surface area contributed by atoms with Crippen LogP contribution in [0, 0.1) is 5.92 Å². The van der Waals surface area contributed by atoms with Gasteiger partial charge in [0.1, 0.15) is 12.4 Å². The summed E-state index contributed by atoms with van der Waals surface area (Å²) in [4.78, 5) is 16.4. The predicted octanol–water partition coefficient (Wildman–Crippen LogP) is 4.57. The first kappa shape index (κ1) is 16.5. The minimum atomic E-state index is 0.101. The van der Waals surface area contributed by atoms with Gasteiger partial charge in [-0.1, -0.05) is 31.4 Å². The largest absolute Gasteiger partial charge is 0.487 e. The Kier molecular flexibility index (Phi) is 5.83. The van der Waals surface area contributed by atoms with Crippen molar-refractivity contribution in [2.45, 2.75) is 45.1 Å². The average Bonchev–Trinajstić information content (AvgIpc) is 2.62. The highest BCUT2D eigenvalue weighted by Crippen LogP contribution is 2.27. The number of hydrogen-bond donors (Lipinski definition) is 1. The van der Waals surface area contributed by atoms with Crippen LogP contribution in [0.5, 0.6) is 5.75 Å². The molecule has 0 radical (unpaired) electrons. The second-order valence-corrected chi connectivity index (χ2v) is 6.39. The number of nitrogens with one attached hydrogen (secondary N) is 1. The number of nitrogens with zero attached hydrogens (tertiary/aromatic N) is 1. The van der Waals surface area contributed by atoms with Crippen molar-refractivity contribution in [1.29, 1.82) is 0 Å². The summed E-state index contributed by atoms with van der Waals surface area (Å²) in [5, 5.41) is 2.99. The Bertz CT molecular complexity index is 652. The summed E-state index contributed by atoms with van der Waals surface area (Å²) in [7, 11) is 0. The molecule has 2 aromatic rings. The molecule has 0 bridgehead atoms. The van der Waals surface area contributed by atoms with Crippen LogP contribution in [-0.2, 0) is 11.4 Å². The number of benzene rings is 1. The van der Waals surface area contributed by atoms with Crippen LogP contribution in [0.2, 0.25) is 0 Å². The first-order chi connectivity index (χ1) is 11.8. The number of hydrogen-bond acceptors (Lipinski definition) is 3. The molecule has 1 aliphatic carbocycles. The Morgan fingerprint density at radius 2 is 2.00 bits per heavy atom. The van der Waals surface area contributed by atoms with E-state index in [0.29, 0.717) is 18.9 Å². The maximum atomic E-state index is 12.2. The summed E-state index contributed by atoms with van der Waals surface area (Å²) < 4.78 is 5.75. The highest BCUT2D eigenvalue weighted by molar-refractivity contribution is 5.91. The van der Waals surface area contributed by atoms with Crippen molar-refractivity contribution in [3.05, 3.63) is 54.4 Å². The summed E-state index contributed by atoms with van der Waals surface area (Å²) in [5.41, 5.74) is 1.67. The molecule has 0 aliphatic heterocycles. The zero-order valence-corrected chi connectivity index (χ0v) is 13.9. The van der Waals surface area contributed by atoms with Gasteiger partial charge >= 0.3 is 0 Å². The zero-order chi connectivity index (χ0) is 16.6. The van der Waals surface area contributed by atoms with Crippen LogP contribution >= 0.6 is 0 Å². The van der Waals surface area contributed by atoms with E-state index in [1.165, 1.54) is 32.1 Å². The number of anilines is 1. The molecule has 1 heterocycles. The molecule has 1 amide bonds. The van der Waals surface area contributed by atoms with E-state index >= 15 is 0 Å². The summed E-state index contributed by atoms with van der Waals surface area (Å²) in [6.07, 6.45) is 8.57. The molecule has 1 N–H and O–H groups in total. The molecule has 1 fully saturated rings. The van der Waals surface area contributed by atoms with Gasteiger partial charge in [0.05, 0.1) is 5.69 Å². The molecule has 1 aromatic carbocycles. The third-order valence-corrected chi connectivity index (χ3v) is 4.43. The van der Waals surface area contributed by atoms with Gasteiger partial charge in [0.2, 0.25) is 5.91 Å². The third-order valence-electron chi connectivity index (χ3n) is 4.43. The lowest BCUT2D eigenvalue weighted by Gasteiger charge is -2.20. The van der Waals surface area contributed by atoms with Gasteiger partial charge in [0, 0.05) is 24.4 Å². The van der Waals surface area contributed by atoms with Crippen molar-refractivity contribution in [1.82, 2.24) is 4.98 Å². The molecule has 24 heavy (non-hydrogen) atoms. The van der Waals surface area contributed by atoms with Crippen molar-refractivity contribution in [3.63, 3.8) is 0 Å². The van der Waals surface area contributed by atoms with Crippen LogP contribution < -0.4 is 10.1 Å². The summed E-state index contributed by atoms with van der Waals surface area (Å²) in [6.45, 7) is 0.417. The number of carbonyl (C=O) groups is 1. The van der Waals surface area contributed by atoms with E-state index < -0.39 is 0 Å². The summed E-state index contributed by atoms with van der Waals surface area (Å²) >= 11 is 0. The molecule has 1 aromatic heterocycles. The van der Waals surface area contributed by atoms with Crippen LogP contribution in [0.4, 0.5) is 5.69 Å². The van der Waals surface area contributed by atoms with Gasteiger partial charge in [-0.25, -0.2) is 0 Å². The van der Waals surface area contributed by atoms with E-state index in [0.717, 1.165) is 17.1 Å². The van der Waals surface area contributed by atoms with Gasteiger partial charge in [-0.3, -0.25) is 9.78 Å². The van der Waals surface area contributed by atoms with Gasteiger partial charge in [-0.05, 0) is 43.0 Å². The Balaban J connectivity index is 1.51. The quantitative estimate of drug-likeness (QED) is 0.847. The number of ether oxygens (including phenoxy) is 1. The minimum absolute atomic E-state index is 0.101. The van der Waals surface area contributed by atoms with Crippen molar-refractivity contribution in [2.75, 3.05) is 5.32 Å². The number of amides is 1. The first-order valence-corrected chi connectivity index (χ1v) is 8.72. The fourth-order valence-electron chi connectivity index (χ4n) is 3.17. The normalized spacial score (nSPS) is 15.0. The fourth-order valence-corrected chi connectivity index (χ4v) is 3.17. The Labute approximate surface area is 143 Å². The number of carbonyl (C=O) groups excluding carboxylic acids is 1. The lowest BCUT2D eigenvalue weighted by Crippen LogP contribution is -2.18. The zero-order valence-electron chi connectivity index (χ0n) is 13.9. The maximum Gasteiger partial charge on any atom is 0.224 e. The number of pyridine rings is 1. The molecule has 1 saturated carbocycles. The first-order valence-electron chi connectivity index (χ1n) is 8.72. The Hall–Kier alpha value is -2.36. The maximum absolute atomic E-state index is 12.2. The van der Waals surface area contributed by atoms with E-state index in [-0.39, 0.29) is 5.91 Å². The van der Waals surface area contributed by atoms with Crippen molar-refractivity contribution in [2.24, 2.45) is 5.92 Å². The lowest BCUT2D eigenvalue weighted by molar-refractivity contribution is -0.117. The highest BCUT2D eigenvalue weighted by atomic mass is 16.5. The molecule has 126 valence electrons. The summed E-state index contributed by atoms with van der Waals surface area (Å²) in [6, 6.07) is 13.3. The van der Waals surface area contributed by atoms with E-state index in [2.05, 4.69) is 10.3 Å². The molecule has 0 unspecified atom stereocenters. The molecular weight excluding hydrogens is 300 g/mol. The minimum Gasteiger partial charge on any atom is -0.487 e. The molecule has 0 atom stereocenters. The number of aromatic nitrogens is 1. The van der Waals surface area contributed by atoms with Gasteiger partial charge in [0.25, 0.3) is 0 Å². The van der Waals surface area contributed by atoms with Crippen molar-refractivity contribution >= 4 is 11.6 Å². The SMILES string of the molecule is O=C(CC1CCCCC1)Nc1cccc(OCc2ccccn2)c1. The predicted molar refractivity (Wildman–Crippen MR) is 94.8 cm³/mol. The molecular formula is C20H24N2O2. The van der Waals surface area contributed by atoms with E-state index in [1.807, 2.05) is 42.5 Å². The molecule has 1 aliphatic rings. The van der Waals surface area contributed by atoms with Gasteiger partial charge in [-0.2, -0.15) is 0 Å².